The van der Waals surface area contributed by atoms with E-state index in [0.29, 0.717) is 18.4 Å². The normalized spacial score (nSPS) is 18.9. The summed E-state index contributed by atoms with van der Waals surface area (Å²) in [4.78, 5) is 11.8. The second kappa shape index (κ2) is 6.28. The molecule has 1 fully saturated rings. The summed E-state index contributed by atoms with van der Waals surface area (Å²) in [5.41, 5.74) is -0.275. The number of hydrogen-bond acceptors (Lipinski definition) is 3. The number of nitrogens with one attached hydrogen (secondary N) is 1. The molecule has 1 N–H and O–H groups in total. The van der Waals surface area contributed by atoms with E-state index < -0.39 is 21.6 Å². The molecule has 122 valence electrons. The highest BCUT2D eigenvalue weighted by molar-refractivity contribution is 7.91. The number of amides is 1. The average Bonchev–Trinajstić information content (AvgIpc) is 2.41. The monoisotopic (exact) mass is 335 g/mol. The van der Waals surface area contributed by atoms with E-state index in [1.165, 1.54) is 12.1 Å². The van der Waals surface area contributed by atoms with Gasteiger partial charge in [0.2, 0.25) is 5.91 Å². The molecule has 22 heavy (non-hydrogen) atoms. The Morgan fingerprint density at radius 2 is 1.68 bits per heavy atom. The summed E-state index contributed by atoms with van der Waals surface area (Å²) in [5.74, 6) is -0.208. The van der Waals surface area contributed by atoms with Gasteiger partial charge in [-0.25, -0.2) is 8.42 Å². The summed E-state index contributed by atoms with van der Waals surface area (Å²) >= 11 is 0. The molecule has 0 atom stereocenters. The van der Waals surface area contributed by atoms with Crippen LogP contribution in [-0.4, -0.2) is 31.9 Å². The first-order valence-corrected chi connectivity index (χ1v) is 8.64. The van der Waals surface area contributed by atoms with Crippen molar-refractivity contribution in [3.8, 4) is 0 Å². The maximum absolute atomic E-state index is 12.4. The summed E-state index contributed by atoms with van der Waals surface area (Å²) < 4.78 is 59.8. The van der Waals surface area contributed by atoms with Crippen molar-refractivity contribution in [2.45, 2.75) is 31.5 Å². The van der Waals surface area contributed by atoms with Gasteiger partial charge in [-0.15, -0.1) is 0 Å². The third kappa shape index (κ3) is 4.72. The fourth-order valence-electron chi connectivity index (χ4n) is 2.31. The number of rotatable bonds is 3. The van der Waals surface area contributed by atoms with Crippen molar-refractivity contribution in [2.24, 2.45) is 0 Å². The molecule has 1 aromatic carbocycles. The molecule has 8 heteroatoms. The molecule has 0 radical (unpaired) electrons. The Hall–Kier alpha value is -1.57. The van der Waals surface area contributed by atoms with Crippen molar-refractivity contribution in [3.05, 3.63) is 35.4 Å². The van der Waals surface area contributed by atoms with E-state index in [2.05, 4.69) is 5.32 Å². The number of hydrogen-bond donors (Lipinski definition) is 1. The first kappa shape index (κ1) is 16.8. The van der Waals surface area contributed by atoms with Crippen LogP contribution in [0.3, 0.4) is 0 Å². The lowest BCUT2D eigenvalue weighted by molar-refractivity contribution is -0.137. The number of sulfone groups is 1. The lowest BCUT2D eigenvalue weighted by atomic mass is 10.1. The summed E-state index contributed by atoms with van der Waals surface area (Å²) in [7, 11) is -2.99. The van der Waals surface area contributed by atoms with Crippen LogP contribution in [0.25, 0.3) is 0 Å². The number of alkyl halides is 3. The van der Waals surface area contributed by atoms with Crippen molar-refractivity contribution in [1.82, 2.24) is 5.32 Å². The van der Waals surface area contributed by atoms with E-state index in [1.807, 2.05) is 0 Å². The minimum absolute atomic E-state index is 0.0264. The molecule has 4 nitrogen and oxygen atoms in total. The SMILES string of the molecule is O=C(Cc1ccc(C(F)(F)F)cc1)NC1CCS(=O)(=O)CC1. The molecule has 0 bridgehead atoms. The molecule has 1 aromatic rings. The van der Waals surface area contributed by atoms with Crippen LogP contribution in [0.4, 0.5) is 13.2 Å². The second-order valence-corrected chi connectivity index (χ2v) is 7.67. The summed E-state index contributed by atoms with van der Waals surface area (Å²) in [5, 5.41) is 2.72. The van der Waals surface area contributed by atoms with Gasteiger partial charge < -0.3 is 5.32 Å². The van der Waals surface area contributed by atoms with E-state index in [9.17, 15) is 26.4 Å². The Labute approximate surface area is 126 Å². The number of benzene rings is 1. The smallest absolute Gasteiger partial charge is 0.353 e. The van der Waals surface area contributed by atoms with E-state index in [1.54, 1.807) is 0 Å². The molecule has 1 amide bonds. The highest BCUT2D eigenvalue weighted by Crippen LogP contribution is 2.29. The Kier molecular flexibility index (Phi) is 4.79. The van der Waals surface area contributed by atoms with Crippen LogP contribution in [0, 0.1) is 0 Å². The molecule has 0 unspecified atom stereocenters. The van der Waals surface area contributed by atoms with Crippen LogP contribution in [-0.2, 0) is 27.2 Å². The first-order valence-electron chi connectivity index (χ1n) is 6.82. The van der Waals surface area contributed by atoms with E-state index in [4.69, 9.17) is 0 Å². The molecule has 1 saturated heterocycles. The van der Waals surface area contributed by atoms with Crippen molar-refractivity contribution in [2.75, 3.05) is 11.5 Å². The third-order valence-electron chi connectivity index (χ3n) is 3.57. The highest BCUT2D eigenvalue weighted by atomic mass is 32.2. The van der Waals surface area contributed by atoms with Crippen LogP contribution in [0.5, 0.6) is 0 Å². The molecule has 0 spiro atoms. The van der Waals surface area contributed by atoms with Gasteiger partial charge in [-0.2, -0.15) is 13.2 Å². The zero-order valence-electron chi connectivity index (χ0n) is 11.7. The second-order valence-electron chi connectivity index (χ2n) is 5.37. The zero-order chi connectivity index (χ0) is 16.4. The number of carbonyl (C=O) groups is 1. The predicted octanol–water partition coefficient (Wildman–Crippen LogP) is 1.94. The van der Waals surface area contributed by atoms with Gasteiger partial charge in [-0.3, -0.25) is 4.79 Å². The largest absolute Gasteiger partial charge is 0.416 e. The van der Waals surface area contributed by atoms with Crippen molar-refractivity contribution < 1.29 is 26.4 Å². The number of halogens is 3. The minimum atomic E-state index is -4.39. The molecule has 2 rings (SSSR count). The van der Waals surface area contributed by atoms with Gasteiger partial charge in [0.05, 0.1) is 23.5 Å². The lowest BCUT2D eigenvalue weighted by Crippen LogP contribution is -2.41. The third-order valence-corrected chi connectivity index (χ3v) is 5.28. The molecule has 1 aliphatic heterocycles. The summed E-state index contributed by atoms with van der Waals surface area (Å²) in [6.07, 6.45) is -3.67. The van der Waals surface area contributed by atoms with Crippen LogP contribution in [0.1, 0.15) is 24.0 Å². The van der Waals surface area contributed by atoms with Gasteiger partial charge in [-0.05, 0) is 30.5 Å². The molecule has 1 aliphatic rings. The minimum Gasteiger partial charge on any atom is -0.353 e. The van der Waals surface area contributed by atoms with Crippen LogP contribution in [0.2, 0.25) is 0 Å². The molecular weight excluding hydrogens is 319 g/mol. The van der Waals surface area contributed by atoms with Gasteiger partial charge in [0.1, 0.15) is 9.84 Å². The fourth-order valence-corrected chi connectivity index (χ4v) is 3.80. The van der Waals surface area contributed by atoms with Gasteiger partial charge in [0.25, 0.3) is 0 Å². The molecular formula is C14H16F3NO3S. The van der Waals surface area contributed by atoms with E-state index in [-0.39, 0.29) is 29.9 Å². The maximum Gasteiger partial charge on any atom is 0.416 e. The molecule has 0 aromatic heterocycles. The number of carbonyl (C=O) groups excluding carboxylic acids is 1. The van der Waals surface area contributed by atoms with Crippen molar-refractivity contribution in [3.63, 3.8) is 0 Å². The summed E-state index contributed by atoms with van der Waals surface area (Å²) in [6, 6.07) is 4.23. The zero-order valence-corrected chi connectivity index (χ0v) is 12.5. The summed E-state index contributed by atoms with van der Waals surface area (Å²) in [6.45, 7) is 0. The standard InChI is InChI=1S/C14H16F3NO3S/c15-14(16,17)11-3-1-10(2-4-11)9-13(19)18-12-5-7-22(20,21)8-6-12/h1-4,12H,5-9H2,(H,18,19). The molecule has 0 aliphatic carbocycles. The Balaban J connectivity index is 1.87. The molecule has 0 saturated carbocycles. The van der Waals surface area contributed by atoms with Crippen LogP contribution in [0.15, 0.2) is 24.3 Å². The highest BCUT2D eigenvalue weighted by Gasteiger charge is 2.30. The van der Waals surface area contributed by atoms with Crippen LogP contribution >= 0.6 is 0 Å². The average molecular weight is 335 g/mol. The Morgan fingerprint density at radius 3 is 2.18 bits per heavy atom. The van der Waals surface area contributed by atoms with Crippen molar-refractivity contribution in [1.29, 1.82) is 0 Å². The van der Waals surface area contributed by atoms with E-state index >= 15 is 0 Å². The maximum atomic E-state index is 12.4. The first-order chi connectivity index (χ1) is 10.2. The topological polar surface area (TPSA) is 63.2 Å². The van der Waals surface area contributed by atoms with Crippen LogP contribution < -0.4 is 5.32 Å². The predicted molar refractivity (Wildman–Crippen MR) is 75.0 cm³/mol. The fraction of sp³-hybridized carbons (Fsp3) is 0.500. The quantitative estimate of drug-likeness (QED) is 0.918. The van der Waals surface area contributed by atoms with E-state index in [0.717, 1.165) is 12.1 Å². The van der Waals surface area contributed by atoms with Gasteiger partial charge in [0, 0.05) is 6.04 Å². The van der Waals surface area contributed by atoms with Gasteiger partial charge in [0.15, 0.2) is 0 Å². The molecule has 1 heterocycles. The Bertz CT molecular complexity index is 624. The van der Waals surface area contributed by atoms with Gasteiger partial charge >= 0.3 is 6.18 Å². The van der Waals surface area contributed by atoms with Crippen molar-refractivity contribution >= 4 is 15.7 Å². The van der Waals surface area contributed by atoms with Gasteiger partial charge in [-0.1, -0.05) is 12.1 Å². The lowest BCUT2D eigenvalue weighted by Gasteiger charge is -2.23. The Morgan fingerprint density at radius 1 is 1.14 bits per heavy atom.